The van der Waals surface area contributed by atoms with Crippen LogP contribution in [0.1, 0.15) is 31.4 Å². The van der Waals surface area contributed by atoms with Crippen LogP contribution in [0.4, 0.5) is 0 Å². The maximum absolute atomic E-state index is 12.6. The first-order valence-corrected chi connectivity index (χ1v) is 8.94. The van der Waals surface area contributed by atoms with E-state index in [4.69, 9.17) is 10.5 Å². The fraction of sp³-hybridized carbons (Fsp3) is 0.368. The van der Waals surface area contributed by atoms with Crippen LogP contribution in [-0.4, -0.2) is 52.4 Å². The van der Waals surface area contributed by atoms with Crippen LogP contribution in [-0.2, 0) is 23.9 Å². The normalized spacial score (nSPS) is 22.1. The number of ether oxygens (including phenoxy) is 1. The van der Waals surface area contributed by atoms with Crippen LogP contribution in [0.2, 0.25) is 0 Å². The molecule has 4 N–H and O–H groups in total. The van der Waals surface area contributed by atoms with Crippen LogP contribution in [0, 0.1) is 0 Å². The van der Waals surface area contributed by atoms with Crippen LogP contribution in [0.15, 0.2) is 41.6 Å². The number of carbonyl (C=O) groups excluding carboxylic acids is 3. The minimum atomic E-state index is -1.38. The Morgan fingerprint density at radius 1 is 1.32 bits per heavy atom. The molecular weight excluding hydrogens is 366 g/mol. The number of esters is 1. The molecule has 2 heterocycles. The van der Waals surface area contributed by atoms with Crippen LogP contribution in [0.25, 0.3) is 0 Å². The lowest BCUT2D eigenvalue weighted by molar-refractivity contribution is -0.157. The molecule has 28 heavy (non-hydrogen) atoms. The van der Waals surface area contributed by atoms with Gasteiger partial charge in [-0.25, -0.2) is 9.59 Å². The molecule has 1 fully saturated rings. The Hall–Kier alpha value is -3.20. The van der Waals surface area contributed by atoms with Crippen LogP contribution in [0.5, 0.6) is 0 Å². The predicted molar refractivity (Wildman–Crippen MR) is 96.5 cm³/mol. The summed E-state index contributed by atoms with van der Waals surface area (Å²) in [5.74, 6) is -3.24. The predicted octanol–water partition coefficient (Wildman–Crippen LogP) is 0.0776. The summed E-state index contributed by atoms with van der Waals surface area (Å²) in [5, 5.41) is 12.1. The second kappa shape index (κ2) is 7.81. The lowest BCUT2D eigenvalue weighted by atomic mass is 9.83. The number of carboxylic acids is 1. The summed E-state index contributed by atoms with van der Waals surface area (Å²) in [5.41, 5.74) is 6.13. The zero-order valence-electron chi connectivity index (χ0n) is 15.3. The number of carboxylic acid groups (broad SMARTS) is 1. The Morgan fingerprint density at radius 2 is 2.00 bits per heavy atom. The second-order valence-electron chi connectivity index (χ2n) is 6.54. The summed E-state index contributed by atoms with van der Waals surface area (Å²) in [7, 11) is 0. The SMILES string of the molecule is CCOC(=O)C1=C(C(=O)O)N2C(=O)[C@@H](NC(=O)C(N)c3ccccc3)[C@H]2CC1. The van der Waals surface area contributed by atoms with Crippen molar-refractivity contribution >= 4 is 23.8 Å². The van der Waals surface area contributed by atoms with Crippen molar-refractivity contribution in [1.29, 1.82) is 0 Å². The van der Waals surface area contributed by atoms with E-state index >= 15 is 0 Å². The highest BCUT2D eigenvalue weighted by atomic mass is 16.5. The Kier molecular flexibility index (Phi) is 5.46. The number of aliphatic carboxylic acids is 1. The first-order chi connectivity index (χ1) is 13.4. The molecule has 0 radical (unpaired) electrons. The molecule has 2 aliphatic rings. The van der Waals surface area contributed by atoms with Gasteiger partial charge in [-0.05, 0) is 25.3 Å². The third kappa shape index (κ3) is 3.36. The van der Waals surface area contributed by atoms with Gasteiger partial charge in [0.1, 0.15) is 17.8 Å². The van der Waals surface area contributed by atoms with E-state index in [1.54, 1.807) is 37.3 Å². The van der Waals surface area contributed by atoms with Gasteiger partial charge in [0.2, 0.25) is 5.91 Å². The molecule has 0 spiro atoms. The Bertz CT molecular complexity index is 850. The number of rotatable bonds is 6. The van der Waals surface area contributed by atoms with Gasteiger partial charge in [-0.1, -0.05) is 30.3 Å². The Labute approximate surface area is 161 Å². The number of hydrogen-bond acceptors (Lipinski definition) is 6. The average molecular weight is 387 g/mol. The van der Waals surface area contributed by atoms with Crippen molar-refractivity contribution in [2.75, 3.05) is 6.61 Å². The number of nitrogens with two attached hydrogens (primary N) is 1. The maximum atomic E-state index is 12.6. The number of fused-ring (bicyclic) bond motifs is 1. The van der Waals surface area contributed by atoms with Crippen LogP contribution < -0.4 is 11.1 Å². The molecule has 0 bridgehead atoms. The van der Waals surface area contributed by atoms with Crippen molar-refractivity contribution in [2.24, 2.45) is 5.73 Å². The van der Waals surface area contributed by atoms with Crippen LogP contribution in [0.3, 0.4) is 0 Å². The van der Waals surface area contributed by atoms with Gasteiger partial charge in [0.25, 0.3) is 5.91 Å². The molecule has 2 amide bonds. The minimum Gasteiger partial charge on any atom is -0.477 e. The number of β-lactam (4-membered cyclic amide) rings is 1. The van der Waals surface area contributed by atoms with Crippen molar-refractivity contribution in [2.45, 2.75) is 37.9 Å². The number of carbonyl (C=O) groups is 4. The molecule has 0 aromatic heterocycles. The fourth-order valence-corrected chi connectivity index (χ4v) is 3.53. The minimum absolute atomic E-state index is 0.0373. The van der Waals surface area contributed by atoms with Crippen molar-refractivity contribution in [1.82, 2.24) is 10.2 Å². The molecule has 9 heteroatoms. The van der Waals surface area contributed by atoms with E-state index in [0.29, 0.717) is 12.0 Å². The fourth-order valence-electron chi connectivity index (χ4n) is 3.53. The summed E-state index contributed by atoms with van der Waals surface area (Å²) >= 11 is 0. The maximum Gasteiger partial charge on any atom is 0.353 e. The number of hydrogen-bond donors (Lipinski definition) is 3. The van der Waals surface area contributed by atoms with Gasteiger partial charge < -0.3 is 20.9 Å². The van der Waals surface area contributed by atoms with E-state index in [1.807, 2.05) is 0 Å². The standard InChI is InChI=1S/C19H21N3O6/c1-2-28-19(27)11-8-9-12-14(17(24)22(12)15(11)18(25)26)21-16(23)13(20)10-6-4-3-5-7-10/h3-7,12-14H,2,8-9,20H2,1H3,(H,21,23)(H,25,26)/t12-,13?,14+/m1/s1. The highest BCUT2D eigenvalue weighted by Gasteiger charge is 2.54. The quantitative estimate of drug-likeness (QED) is 0.464. The molecule has 9 nitrogen and oxygen atoms in total. The van der Waals surface area contributed by atoms with Gasteiger partial charge >= 0.3 is 11.9 Å². The molecule has 2 aliphatic heterocycles. The smallest absolute Gasteiger partial charge is 0.353 e. The van der Waals surface area contributed by atoms with Gasteiger partial charge in [-0.2, -0.15) is 0 Å². The Balaban J connectivity index is 1.76. The number of benzene rings is 1. The van der Waals surface area contributed by atoms with Crippen molar-refractivity contribution in [3.05, 3.63) is 47.2 Å². The zero-order chi connectivity index (χ0) is 20.4. The van der Waals surface area contributed by atoms with Gasteiger partial charge in [-0.3, -0.25) is 14.5 Å². The van der Waals surface area contributed by atoms with E-state index in [1.165, 1.54) is 0 Å². The van der Waals surface area contributed by atoms with Crippen molar-refractivity contribution < 1.29 is 29.0 Å². The topological polar surface area (TPSA) is 139 Å². The average Bonchev–Trinajstić information content (AvgIpc) is 2.70. The van der Waals surface area contributed by atoms with Gasteiger partial charge in [-0.15, -0.1) is 0 Å². The molecule has 0 aliphatic carbocycles. The van der Waals surface area contributed by atoms with E-state index in [9.17, 15) is 24.3 Å². The molecule has 3 rings (SSSR count). The van der Waals surface area contributed by atoms with Gasteiger partial charge in [0.05, 0.1) is 18.2 Å². The molecular formula is C19H21N3O6. The highest BCUT2D eigenvalue weighted by molar-refractivity contribution is 6.06. The van der Waals surface area contributed by atoms with E-state index in [2.05, 4.69) is 5.32 Å². The van der Waals surface area contributed by atoms with Gasteiger partial charge in [0.15, 0.2) is 0 Å². The summed E-state index contributed by atoms with van der Waals surface area (Å²) < 4.78 is 4.89. The molecule has 1 unspecified atom stereocenters. The first-order valence-electron chi connectivity index (χ1n) is 8.94. The lowest BCUT2D eigenvalue weighted by Gasteiger charge is -2.50. The summed E-state index contributed by atoms with van der Waals surface area (Å²) in [6.45, 7) is 1.71. The van der Waals surface area contributed by atoms with Crippen molar-refractivity contribution in [3.63, 3.8) is 0 Å². The molecule has 3 atom stereocenters. The third-order valence-electron chi connectivity index (χ3n) is 4.90. The number of nitrogens with zero attached hydrogens (tertiary/aromatic N) is 1. The lowest BCUT2D eigenvalue weighted by Crippen LogP contribution is -2.72. The molecule has 148 valence electrons. The summed E-state index contributed by atoms with van der Waals surface area (Å²) in [4.78, 5) is 49.7. The van der Waals surface area contributed by atoms with E-state index < -0.39 is 41.9 Å². The highest BCUT2D eigenvalue weighted by Crippen LogP contribution is 2.37. The Morgan fingerprint density at radius 3 is 2.61 bits per heavy atom. The zero-order valence-corrected chi connectivity index (χ0v) is 15.3. The van der Waals surface area contributed by atoms with E-state index in [0.717, 1.165) is 4.90 Å². The molecule has 1 aromatic rings. The number of amides is 2. The molecule has 1 saturated heterocycles. The second-order valence-corrected chi connectivity index (χ2v) is 6.54. The molecule has 1 aromatic carbocycles. The monoisotopic (exact) mass is 387 g/mol. The molecule has 0 saturated carbocycles. The third-order valence-corrected chi connectivity index (χ3v) is 4.90. The first kappa shape index (κ1) is 19.6. The van der Waals surface area contributed by atoms with Crippen molar-refractivity contribution in [3.8, 4) is 0 Å². The largest absolute Gasteiger partial charge is 0.477 e. The van der Waals surface area contributed by atoms with Crippen LogP contribution >= 0.6 is 0 Å². The summed E-state index contributed by atoms with van der Waals surface area (Å²) in [6.07, 6.45) is 0.480. The van der Waals surface area contributed by atoms with E-state index in [-0.39, 0.29) is 24.3 Å². The van der Waals surface area contributed by atoms with Gasteiger partial charge in [0, 0.05) is 0 Å². The summed E-state index contributed by atoms with van der Waals surface area (Å²) in [6, 6.07) is 6.35. The number of nitrogens with one attached hydrogen (secondary N) is 1.